The lowest BCUT2D eigenvalue weighted by Gasteiger charge is -2.13. The molecular formula is C19H14BrNO4. The molecular weight excluding hydrogens is 386 g/mol. The summed E-state index contributed by atoms with van der Waals surface area (Å²) >= 11 is 3.50. The van der Waals surface area contributed by atoms with Crippen LogP contribution >= 0.6 is 15.9 Å². The molecule has 0 fully saturated rings. The lowest BCUT2D eigenvalue weighted by Crippen LogP contribution is -2.13. The van der Waals surface area contributed by atoms with E-state index in [1.807, 2.05) is 24.3 Å². The molecule has 2 N–H and O–H groups in total. The number of nitrogens with one attached hydrogen (secondary N) is 1. The van der Waals surface area contributed by atoms with Crippen molar-refractivity contribution in [1.82, 2.24) is 0 Å². The molecule has 0 aromatic heterocycles. The smallest absolute Gasteiger partial charge is 0.335 e. The Morgan fingerprint density at radius 2 is 1.76 bits per heavy atom. The second-order valence-corrected chi connectivity index (χ2v) is 6.12. The number of aromatic carboxylic acids is 1. The van der Waals surface area contributed by atoms with Crippen LogP contribution in [-0.4, -0.2) is 24.1 Å². The van der Waals surface area contributed by atoms with E-state index in [-0.39, 0.29) is 11.5 Å². The first kappa shape index (κ1) is 17.0. The molecule has 0 heterocycles. The summed E-state index contributed by atoms with van der Waals surface area (Å²) in [4.78, 5) is 23.6. The van der Waals surface area contributed by atoms with Gasteiger partial charge in [0.15, 0.2) is 0 Å². The highest BCUT2D eigenvalue weighted by Gasteiger charge is 2.18. The second-order valence-electron chi connectivity index (χ2n) is 5.33. The minimum atomic E-state index is -1.02. The van der Waals surface area contributed by atoms with Crippen molar-refractivity contribution in [3.05, 3.63) is 70.2 Å². The minimum Gasteiger partial charge on any atom is -0.495 e. The molecule has 0 bridgehead atoms. The number of fused-ring (bicyclic) bond motifs is 1. The van der Waals surface area contributed by atoms with Crippen LogP contribution in [0.2, 0.25) is 0 Å². The molecule has 126 valence electrons. The van der Waals surface area contributed by atoms with Gasteiger partial charge in [-0.15, -0.1) is 0 Å². The number of hydrogen-bond donors (Lipinski definition) is 2. The Balaban J connectivity index is 1.97. The molecule has 0 aliphatic rings. The Hall–Kier alpha value is -2.86. The fourth-order valence-electron chi connectivity index (χ4n) is 2.55. The van der Waals surface area contributed by atoms with E-state index in [0.29, 0.717) is 21.5 Å². The number of carboxylic acids is 1. The number of carbonyl (C=O) groups excluding carboxylic acids is 1. The van der Waals surface area contributed by atoms with Gasteiger partial charge >= 0.3 is 5.97 Å². The van der Waals surface area contributed by atoms with Gasteiger partial charge in [-0.2, -0.15) is 0 Å². The van der Waals surface area contributed by atoms with Crippen LogP contribution in [0.5, 0.6) is 5.75 Å². The van der Waals surface area contributed by atoms with Crippen LogP contribution in [0.3, 0.4) is 0 Å². The van der Waals surface area contributed by atoms with Crippen LogP contribution in [0.1, 0.15) is 20.7 Å². The summed E-state index contributed by atoms with van der Waals surface area (Å²) < 4.78 is 6.12. The average Bonchev–Trinajstić information content (AvgIpc) is 2.62. The number of rotatable bonds is 4. The summed E-state index contributed by atoms with van der Waals surface area (Å²) in [7, 11) is 1.51. The summed E-state index contributed by atoms with van der Waals surface area (Å²) in [6.07, 6.45) is 0. The molecule has 6 heteroatoms. The third-order valence-corrected chi connectivity index (χ3v) is 4.57. The molecule has 0 aliphatic heterocycles. The highest BCUT2D eigenvalue weighted by atomic mass is 79.9. The van der Waals surface area contributed by atoms with Gasteiger partial charge in [-0.05, 0) is 57.0 Å². The van der Waals surface area contributed by atoms with Crippen LogP contribution in [0.4, 0.5) is 5.69 Å². The van der Waals surface area contributed by atoms with Crippen LogP contribution in [-0.2, 0) is 0 Å². The topological polar surface area (TPSA) is 75.6 Å². The van der Waals surface area contributed by atoms with E-state index in [9.17, 15) is 9.59 Å². The van der Waals surface area contributed by atoms with Gasteiger partial charge in [0, 0.05) is 5.69 Å². The summed E-state index contributed by atoms with van der Waals surface area (Å²) in [6.45, 7) is 0. The number of carbonyl (C=O) groups is 2. The standard InChI is InChI=1S/C19H14BrNO4/c1-25-17-15(10-12-4-2-3-5-14(12)16(17)20)18(22)21-13-8-6-11(7-9-13)19(23)24/h2-10H,1H3,(H,21,22)(H,23,24). The van der Waals surface area contributed by atoms with E-state index in [1.54, 1.807) is 18.2 Å². The predicted octanol–water partition coefficient (Wildman–Crippen LogP) is 4.56. The lowest BCUT2D eigenvalue weighted by atomic mass is 10.0. The van der Waals surface area contributed by atoms with Crippen LogP contribution in [0, 0.1) is 0 Å². The van der Waals surface area contributed by atoms with Gasteiger partial charge in [-0.25, -0.2) is 4.79 Å². The Labute approximate surface area is 152 Å². The molecule has 0 saturated heterocycles. The van der Waals surface area contributed by atoms with Crippen molar-refractivity contribution in [2.24, 2.45) is 0 Å². The van der Waals surface area contributed by atoms with Crippen molar-refractivity contribution >= 4 is 44.3 Å². The third kappa shape index (κ3) is 3.34. The molecule has 0 aliphatic carbocycles. The molecule has 25 heavy (non-hydrogen) atoms. The molecule has 0 atom stereocenters. The van der Waals surface area contributed by atoms with Crippen LogP contribution in [0.25, 0.3) is 10.8 Å². The Morgan fingerprint density at radius 1 is 1.08 bits per heavy atom. The lowest BCUT2D eigenvalue weighted by molar-refractivity contribution is 0.0696. The zero-order valence-corrected chi connectivity index (χ0v) is 14.8. The monoisotopic (exact) mass is 399 g/mol. The molecule has 3 rings (SSSR count). The van der Waals surface area contributed by atoms with E-state index < -0.39 is 5.97 Å². The zero-order chi connectivity index (χ0) is 18.0. The first-order valence-electron chi connectivity index (χ1n) is 7.41. The van der Waals surface area contributed by atoms with Gasteiger partial charge < -0.3 is 15.2 Å². The van der Waals surface area contributed by atoms with Crippen LogP contribution in [0.15, 0.2) is 59.1 Å². The molecule has 0 spiro atoms. The minimum absolute atomic E-state index is 0.157. The summed E-state index contributed by atoms with van der Waals surface area (Å²) in [5, 5.41) is 13.5. The summed E-state index contributed by atoms with van der Waals surface area (Å²) in [5.74, 6) is -0.914. The highest BCUT2D eigenvalue weighted by Crippen LogP contribution is 2.36. The van der Waals surface area contributed by atoms with E-state index in [1.165, 1.54) is 19.2 Å². The maximum absolute atomic E-state index is 12.7. The fraction of sp³-hybridized carbons (Fsp3) is 0.0526. The maximum atomic E-state index is 12.7. The van der Waals surface area contributed by atoms with Gasteiger partial charge in [0.05, 0.1) is 22.7 Å². The largest absolute Gasteiger partial charge is 0.495 e. The number of amides is 1. The molecule has 3 aromatic rings. The summed E-state index contributed by atoms with van der Waals surface area (Å²) in [5.41, 5.74) is 1.04. The third-order valence-electron chi connectivity index (χ3n) is 3.78. The van der Waals surface area contributed by atoms with Gasteiger partial charge in [-0.3, -0.25) is 4.79 Å². The molecule has 0 unspecified atom stereocenters. The fourth-order valence-corrected chi connectivity index (χ4v) is 3.28. The van der Waals surface area contributed by atoms with Gasteiger partial charge in [0.2, 0.25) is 0 Å². The number of carboxylic acid groups (broad SMARTS) is 1. The van der Waals surface area contributed by atoms with Crippen molar-refractivity contribution < 1.29 is 19.4 Å². The molecule has 3 aromatic carbocycles. The van der Waals surface area contributed by atoms with Crippen molar-refractivity contribution in [2.45, 2.75) is 0 Å². The number of halogens is 1. The van der Waals surface area contributed by atoms with Gasteiger partial charge in [-0.1, -0.05) is 24.3 Å². The quantitative estimate of drug-likeness (QED) is 0.673. The summed E-state index contributed by atoms with van der Waals surface area (Å²) in [6, 6.07) is 15.4. The normalized spacial score (nSPS) is 10.5. The Bertz CT molecular complexity index is 967. The average molecular weight is 400 g/mol. The number of ether oxygens (including phenoxy) is 1. The first-order valence-corrected chi connectivity index (χ1v) is 8.20. The molecule has 0 radical (unpaired) electrons. The van der Waals surface area contributed by atoms with E-state index in [2.05, 4.69) is 21.2 Å². The SMILES string of the molecule is COc1c(C(=O)Nc2ccc(C(=O)O)cc2)cc2ccccc2c1Br. The van der Waals surface area contributed by atoms with Crippen molar-refractivity contribution in [3.8, 4) is 5.75 Å². The number of methoxy groups -OCH3 is 1. The van der Waals surface area contributed by atoms with Crippen molar-refractivity contribution in [2.75, 3.05) is 12.4 Å². The first-order chi connectivity index (χ1) is 12.0. The van der Waals surface area contributed by atoms with E-state index in [0.717, 1.165) is 10.8 Å². The van der Waals surface area contributed by atoms with Crippen molar-refractivity contribution in [1.29, 1.82) is 0 Å². The van der Waals surface area contributed by atoms with E-state index >= 15 is 0 Å². The van der Waals surface area contributed by atoms with Gasteiger partial charge in [0.1, 0.15) is 5.75 Å². The van der Waals surface area contributed by atoms with Crippen molar-refractivity contribution in [3.63, 3.8) is 0 Å². The Kier molecular flexibility index (Phi) is 4.72. The molecule has 5 nitrogen and oxygen atoms in total. The molecule has 0 saturated carbocycles. The Morgan fingerprint density at radius 3 is 2.40 bits per heavy atom. The van der Waals surface area contributed by atoms with E-state index in [4.69, 9.17) is 9.84 Å². The predicted molar refractivity (Wildman–Crippen MR) is 99.6 cm³/mol. The van der Waals surface area contributed by atoms with Crippen LogP contribution < -0.4 is 10.1 Å². The number of anilines is 1. The number of hydrogen-bond acceptors (Lipinski definition) is 3. The number of benzene rings is 3. The highest BCUT2D eigenvalue weighted by molar-refractivity contribution is 9.10. The van der Waals surface area contributed by atoms with Gasteiger partial charge in [0.25, 0.3) is 5.91 Å². The maximum Gasteiger partial charge on any atom is 0.335 e. The second kappa shape index (κ2) is 6.94. The zero-order valence-electron chi connectivity index (χ0n) is 13.2. The molecule has 1 amide bonds.